The van der Waals surface area contributed by atoms with E-state index in [9.17, 15) is 15.2 Å². The number of anilines is 1. The normalized spacial score (nSPS) is 15.2. The van der Waals surface area contributed by atoms with Gasteiger partial charge in [0.1, 0.15) is 11.5 Å². The first-order chi connectivity index (χ1) is 12.1. The number of nitrogens with zero attached hydrogens (tertiary/aromatic N) is 3. The fraction of sp³-hybridized carbons (Fsp3) is 0.333. The van der Waals surface area contributed by atoms with Crippen LogP contribution in [0.2, 0.25) is 0 Å². The number of para-hydroxylation sites is 2. The Balaban J connectivity index is 1.67. The molecule has 25 heavy (non-hydrogen) atoms. The van der Waals surface area contributed by atoms with Crippen molar-refractivity contribution in [1.82, 2.24) is 4.90 Å². The number of phenols is 1. The Morgan fingerprint density at radius 2 is 1.88 bits per heavy atom. The topological polar surface area (TPSA) is 79.1 Å². The summed E-state index contributed by atoms with van der Waals surface area (Å²) in [6.07, 6.45) is 0. The predicted octanol–water partition coefficient (Wildman–Crippen LogP) is 2.63. The van der Waals surface area contributed by atoms with Crippen molar-refractivity contribution in [2.24, 2.45) is 0 Å². The van der Waals surface area contributed by atoms with Crippen molar-refractivity contribution in [3.63, 3.8) is 0 Å². The zero-order valence-corrected chi connectivity index (χ0v) is 14.1. The molecule has 7 heteroatoms. The molecular formula is C18H21N3O4. The minimum absolute atomic E-state index is 0.0728. The molecule has 1 aliphatic rings. The van der Waals surface area contributed by atoms with Gasteiger partial charge >= 0.3 is 0 Å². The first-order valence-electron chi connectivity index (χ1n) is 8.15. The van der Waals surface area contributed by atoms with Gasteiger partial charge in [-0.05, 0) is 18.2 Å². The summed E-state index contributed by atoms with van der Waals surface area (Å²) < 4.78 is 5.34. The number of methoxy groups -OCH3 is 1. The monoisotopic (exact) mass is 343 g/mol. The summed E-state index contributed by atoms with van der Waals surface area (Å²) in [4.78, 5) is 15.0. The number of hydrogen-bond acceptors (Lipinski definition) is 6. The minimum Gasteiger partial charge on any atom is -0.506 e. The third kappa shape index (κ3) is 3.83. The Morgan fingerprint density at radius 1 is 1.16 bits per heavy atom. The van der Waals surface area contributed by atoms with Gasteiger partial charge in [-0.1, -0.05) is 12.1 Å². The van der Waals surface area contributed by atoms with Crippen LogP contribution in [0, 0.1) is 10.1 Å². The van der Waals surface area contributed by atoms with E-state index < -0.39 is 0 Å². The van der Waals surface area contributed by atoms with Crippen molar-refractivity contribution in [1.29, 1.82) is 0 Å². The molecule has 132 valence electrons. The van der Waals surface area contributed by atoms with E-state index >= 15 is 0 Å². The first-order valence-corrected chi connectivity index (χ1v) is 8.15. The average molecular weight is 343 g/mol. The third-order valence-corrected chi connectivity index (χ3v) is 4.46. The van der Waals surface area contributed by atoms with Crippen LogP contribution in [0.3, 0.4) is 0 Å². The Bertz CT molecular complexity index is 758. The summed E-state index contributed by atoms with van der Waals surface area (Å²) in [5.41, 5.74) is 1.73. The van der Waals surface area contributed by atoms with E-state index in [2.05, 4.69) is 9.80 Å². The molecule has 0 amide bonds. The number of nitro groups is 1. The van der Waals surface area contributed by atoms with Crippen LogP contribution in [0.15, 0.2) is 42.5 Å². The van der Waals surface area contributed by atoms with Gasteiger partial charge in [0.2, 0.25) is 0 Å². The van der Waals surface area contributed by atoms with E-state index in [0.29, 0.717) is 12.3 Å². The van der Waals surface area contributed by atoms with Gasteiger partial charge < -0.3 is 14.7 Å². The Hall–Kier alpha value is -2.80. The van der Waals surface area contributed by atoms with Gasteiger partial charge in [-0.2, -0.15) is 0 Å². The van der Waals surface area contributed by atoms with Gasteiger partial charge in [0.25, 0.3) is 5.69 Å². The molecule has 2 aromatic rings. The van der Waals surface area contributed by atoms with Crippen molar-refractivity contribution in [2.75, 3.05) is 38.2 Å². The maximum absolute atomic E-state index is 11.0. The smallest absolute Gasteiger partial charge is 0.270 e. The van der Waals surface area contributed by atoms with Crippen LogP contribution in [0.25, 0.3) is 0 Å². The highest BCUT2D eigenvalue weighted by atomic mass is 16.6. The molecule has 1 saturated heterocycles. The number of benzene rings is 2. The molecule has 0 bridgehead atoms. The van der Waals surface area contributed by atoms with Crippen LogP contribution in [-0.4, -0.2) is 48.2 Å². The van der Waals surface area contributed by atoms with Crippen molar-refractivity contribution < 1.29 is 14.8 Å². The van der Waals surface area contributed by atoms with Crippen molar-refractivity contribution >= 4 is 11.4 Å². The molecule has 1 N–H and O–H groups in total. The van der Waals surface area contributed by atoms with Gasteiger partial charge in [-0.3, -0.25) is 15.0 Å². The Morgan fingerprint density at radius 3 is 2.52 bits per heavy atom. The maximum atomic E-state index is 11.0. The van der Waals surface area contributed by atoms with Crippen LogP contribution in [0.1, 0.15) is 5.56 Å². The number of aromatic hydroxyl groups is 1. The molecule has 0 atom stereocenters. The Kier molecular flexibility index (Phi) is 5.04. The molecule has 0 aromatic heterocycles. The van der Waals surface area contributed by atoms with Crippen LogP contribution >= 0.6 is 0 Å². The standard InChI is InChI=1S/C18H21N3O4/c1-25-18-7-6-15(21(23)24)12-14(18)13-19-8-10-20(11-9-19)16-4-2-3-5-17(16)22/h2-7,12,22H,8-11,13H2,1H3. The van der Waals surface area contributed by atoms with Crippen molar-refractivity contribution in [3.05, 3.63) is 58.1 Å². The van der Waals surface area contributed by atoms with E-state index in [-0.39, 0.29) is 16.4 Å². The van der Waals surface area contributed by atoms with E-state index in [1.54, 1.807) is 25.3 Å². The average Bonchev–Trinajstić information content (AvgIpc) is 2.63. The fourth-order valence-electron chi connectivity index (χ4n) is 3.12. The fourth-order valence-corrected chi connectivity index (χ4v) is 3.12. The number of non-ortho nitro benzene ring substituents is 1. The summed E-state index contributed by atoms with van der Waals surface area (Å²) in [5.74, 6) is 0.949. The van der Waals surface area contributed by atoms with E-state index in [1.807, 2.05) is 18.2 Å². The zero-order chi connectivity index (χ0) is 17.8. The lowest BCUT2D eigenvalue weighted by Crippen LogP contribution is -2.46. The SMILES string of the molecule is COc1ccc([N+](=O)[O-])cc1CN1CCN(c2ccccc2O)CC1. The number of nitro benzene ring substituents is 1. The zero-order valence-electron chi connectivity index (χ0n) is 14.1. The van der Waals surface area contributed by atoms with Gasteiger partial charge in [0.15, 0.2) is 0 Å². The molecule has 2 aromatic carbocycles. The number of phenolic OH excluding ortho intramolecular Hbond substituents is 1. The van der Waals surface area contributed by atoms with Crippen molar-refractivity contribution in [3.8, 4) is 11.5 Å². The summed E-state index contributed by atoms with van der Waals surface area (Å²) >= 11 is 0. The summed E-state index contributed by atoms with van der Waals surface area (Å²) in [5, 5.41) is 21.0. The molecule has 0 saturated carbocycles. The highest BCUT2D eigenvalue weighted by Gasteiger charge is 2.21. The molecule has 1 aliphatic heterocycles. The summed E-state index contributed by atoms with van der Waals surface area (Å²) in [6, 6.07) is 12.0. The third-order valence-electron chi connectivity index (χ3n) is 4.46. The predicted molar refractivity (Wildman–Crippen MR) is 95.2 cm³/mol. The molecular weight excluding hydrogens is 322 g/mol. The lowest BCUT2D eigenvalue weighted by molar-refractivity contribution is -0.385. The second-order valence-corrected chi connectivity index (χ2v) is 6.01. The lowest BCUT2D eigenvalue weighted by atomic mass is 10.1. The second kappa shape index (κ2) is 7.40. The summed E-state index contributed by atoms with van der Waals surface area (Å²) in [6.45, 7) is 3.78. The largest absolute Gasteiger partial charge is 0.506 e. The molecule has 0 aliphatic carbocycles. The highest BCUT2D eigenvalue weighted by molar-refractivity contribution is 5.57. The quantitative estimate of drug-likeness (QED) is 0.664. The van der Waals surface area contributed by atoms with E-state index in [1.165, 1.54) is 6.07 Å². The number of hydrogen-bond donors (Lipinski definition) is 1. The second-order valence-electron chi connectivity index (χ2n) is 6.01. The number of ether oxygens (including phenoxy) is 1. The lowest BCUT2D eigenvalue weighted by Gasteiger charge is -2.36. The molecule has 0 unspecified atom stereocenters. The minimum atomic E-state index is -0.390. The van der Waals surface area contributed by atoms with Crippen LogP contribution in [0.4, 0.5) is 11.4 Å². The van der Waals surface area contributed by atoms with Crippen molar-refractivity contribution in [2.45, 2.75) is 6.54 Å². The first kappa shape index (κ1) is 17.0. The van der Waals surface area contributed by atoms with Crippen LogP contribution < -0.4 is 9.64 Å². The van der Waals surface area contributed by atoms with Crippen LogP contribution in [0.5, 0.6) is 11.5 Å². The molecule has 7 nitrogen and oxygen atoms in total. The summed E-state index contributed by atoms with van der Waals surface area (Å²) in [7, 11) is 1.57. The van der Waals surface area contributed by atoms with Gasteiger partial charge in [0.05, 0.1) is 17.7 Å². The molecule has 0 radical (unpaired) electrons. The van der Waals surface area contributed by atoms with Gasteiger partial charge in [-0.15, -0.1) is 0 Å². The van der Waals surface area contributed by atoms with Gasteiger partial charge in [0, 0.05) is 50.4 Å². The molecule has 0 spiro atoms. The number of rotatable bonds is 5. The van der Waals surface area contributed by atoms with Gasteiger partial charge in [-0.25, -0.2) is 0 Å². The Labute approximate surface area is 146 Å². The molecule has 1 fully saturated rings. The number of piperazine rings is 1. The molecule has 3 rings (SSSR count). The van der Waals surface area contributed by atoms with E-state index in [0.717, 1.165) is 37.4 Å². The van der Waals surface area contributed by atoms with Crippen LogP contribution in [-0.2, 0) is 6.54 Å². The maximum Gasteiger partial charge on any atom is 0.270 e. The molecule has 1 heterocycles. The van der Waals surface area contributed by atoms with E-state index in [4.69, 9.17) is 4.74 Å². The highest BCUT2D eigenvalue weighted by Crippen LogP contribution is 2.29.